The van der Waals surface area contributed by atoms with Crippen LogP contribution in [0, 0.1) is 0 Å². The molecule has 0 heterocycles. The van der Waals surface area contributed by atoms with Gasteiger partial charge in [0.05, 0.1) is 7.11 Å². The molecule has 0 spiro atoms. The minimum absolute atomic E-state index is 0.284. The average molecular weight is 207 g/mol. The fourth-order valence-corrected chi connectivity index (χ4v) is 2.28. The summed E-state index contributed by atoms with van der Waals surface area (Å²) < 4.78 is 5.17. The topological polar surface area (TPSA) is 55.5 Å². The molecule has 2 rings (SSSR count). The summed E-state index contributed by atoms with van der Waals surface area (Å²) in [6.07, 6.45) is 2.73. The molecule has 3 nitrogen and oxygen atoms in total. The second-order valence-electron chi connectivity index (χ2n) is 4.11. The summed E-state index contributed by atoms with van der Waals surface area (Å²) in [5, 5.41) is 10.3. The van der Waals surface area contributed by atoms with E-state index in [0.717, 1.165) is 36.1 Å². The maximum atomic E-state index is 10.3. The first-order valence-electron chi connectivity index (χ1n) is 5.29. The van der Waals surface area contributed by atoms with E-state index in [0.29, 0.717) is 0 Å². The van der Waals surface area contributed by atoms with Crippen molar-refractivity contribution in [3.05, 3.63) is 29.3 Å². The number of ether oxygens (including phenoxy) is 1. The summed E-state index contributed by atoms with van der Waals surface area (Å²) in [7, 11) is 1.65. The molecular formula is C12H17NO2. The number of aryl methyl sites for hydroxylation is 1. The Balaban J connectivity index is 2.45. The van der Waals surface area contributed by atoms with Gasteiger partial charge in [-0.25, -0.2) is 0 Å². The van der Waals surface area contributed by atoms with Crippen LogP contribution in [0.5, 0.6) is 5.75 Å². The standard InChI is InChI=1S/C12H17NO2/c1-15-10-4-5-11-9(7-10)3-2-6-12(11,14)8-13/h4-5,7,14H,2-3,6,8,13H2,1H3/t12-/m1/s1. The van der Waals surface area contributed by atoms with Gasteiger partial charge in [0.2, 0.25) is 0 Å². The Morgan fingerprint density at radius 1 is 1.53 bits per heavy atom. The Hall–Kier alpha value is -1.06. The fourth-order valence-electron chi connectivity index (χ4n) is 2.28. The molecule has 0 amide bonds. The number of rotatable bonds is 2. The number of fused-ring (bicyclic) bond motifs is 1. The van der Waals surface area contributed by atoms with Gasteiger partial charge in [0, 0.05) is 6.54 Å². The first-order valence-corrected chi connectivity index (χ1v) is 5.29. The molecule has 3 heteroatoms. The third kappa shape index (κ3) is 1.73. The minimum atomic E-state index is -0.833. The highest BCUT2D eigenvalue weighted by Gasteiger charge is 2.32. The molecule has 0 radical (unpaired) electrons. The number of nitrogens with two attached hydrogens (primary N) is 1. The van der Waals surface area contributed by atoms with Crippen molar-refractivity contribution in [3.63, 3.8) is 0 Å². The quantitative estimate of drug-likeness (QED) is 0.765. The van der Waals surface area contributed by atoms with E-state index in [9.17, 15) is 5.11 Å². The van der Waals surface area contributed by atoms with Crippen molar-refractivity contribution in [2.45, 2.75) is 24.9 Å². The molecule has 1 aliphatic carbocycles. The molecule has 15 heavy (non-hydrogen) atoms. The van der Waals surface area contributed by atoms with Crippen LogP contribution >= 0.6 is 0 Å². The van der Waals surface area contributed by atoms with E-state index in [-0.39, 0.29) is 6.54 Å². The Kier molecular flexibility index (Phi) is 2.67. The lowest BCUT2D eigenvalue weighted by molar-refractivity contribution is 0.0279. The minimum Gasteiger partial charge on any atom is -0.497 e. The van der Waals surface area contributed by atoms with Crippen LogP contribution in [-0.2, 0) is 12.0 Å². The highest BCUT2D eigenvalue weighted by atomic mass is 16.5. The van der Waals surface area contributed by atoms with E-state index >= 15 is 0 Å². The molecule has 0 bridgehead atoms. The predicted octanol–water partition coefficient (Wildman–Crippen LogP) is 1.18. The van der Waals surface area contributed by atoms with E-state index in [4.69, 9.17) is 10.5 Å². The molecule has 1 aromatic carbocycles. The van der Waals surface area contributed by atoms with Crippen LogP contribution in [0.25, 0.3) is 0 Å². The van der Waals surface area contributed by atoms with Gasteiger partial charge in [-0.3, -0.25) is 0 Å². The van der Waals surface area contributed by atoms with Crippen molar-refractivity contribution in [2.75, 3.05) is 13.7 Å². The first-order chi connectivity index (χ1) is 7.19. The molecular weight excluding hydrogens is 190 g/mol. The van der Waals surface area contributed by atoms with Crippen molar-refractivity contribution in [1.29, 1.82) is 0 Å². The number of methoxy groups -OCH3 is 1. The highest BCUT2D eigenvalue weighted by molar-refractivity contribution is 5.40. The van der Waals surface area contributed by atoms with Gasteiger partial charge in [0.1, 0.15) is 11.4 Å². The van der Waals surface area contributed by atoms with Gasteiger partial charge in [-0.1, -0.05) is 6.07 Å². The summed E-state index contributed by atoms with van der Waals surface area (Å²) in [4.78, 5) is 0. The summed E-state index contributed by atoms with van der Waals surface area (Å²) in [6.45, 7) is 0.284. The van der Waals surface area contributed by atoms with Gasteiger partial charge in [0.15, 0.2) is 0 Å². The normalized spacial score (nSPS) is 24.7. The second kappa shape index (κ2) is 3.83. The Bertz CT molecular complexity index is 365. The summed E-state index contributed by atoms with van der Waals surface area (Å²) in [5.41, 5.74) is 6.94. The molecule has 0 fully saturated rings. The third-order valence-electron chi connectivity index (χ3n) is 3.19. The highest BCUT2D eigenvalue weighted by Crippen LogP contribution is 2.36. The average Bonchev–Trinajstić information content (AvgIpc) is 2.29. The summed E-state index contributed by atoms with van der Waals surface area (Å²) >= 11 is 0. The predicted molar refractivity (Wildman–Crippen MR) is 58.9 cm³/mol. The SMILES string of the molecule is COc1ccc2c(c1)CCC[C@@]2(O)CN. The van der Waals surface area contributed by atoms with E-state index in [1.165, 1.54) is 0 Å². The molecule has 1 aromatic rings. The van der Waals surface area contributed by atoms with Gasteiger partial charge in [-0.05, 0) is 42.5 Å². The molecule has 1 atom stereocenters. The maximum absolute atomic E-state index is 10.3. The fraction of sp³-hybridized carbons (Fsp3) is 0.500. The maximum Gasteiger partial charge on any atom is 0.119 e. The second-order valence-corrected chi connectivity index (χ2v) is 4.11. The summed E-state index contributed by atoms with van der Waals surface area (Å²) in [6, 6.07) is 5.81. The van der Waals surface area contributed by atoms with Crippen molar-refractivity contribution in [2.24, 2.45) is 5.73 Å². The molecule has 0 aliphatic heterocycles. The van der Waals surface area contributed by atoms with E-state index in [2.05, 4.69) is 0 Å². The zero-order valence-electron chi connectivity index (χ0n) is 8.99. The Labute approximate surface area is 89.9 Å². The smallest absolute Gasteiger partial charge is 0.119 e. The zero-order chi connectivity index (χ0) is 10.9. The largest absolute Gasteiger partial charge is 0.497 e. The van der Waals surface area contributed by atoms with Gasteiger partial charge >= 0.3 is 0 Å². The lowest BCUT2D eigenvalue weighted by Gasteiger charge is -2.33. The molecule has 0 unspecified atom stereocenters. The molecule has 0 saturated heterocycles. The molecule has 1 aliphatic rings. The Morgan fingerprint density at radius 2 is 2.33 bits per heavy atom. The van der Waals surface area contributed by atoms with Crippen molar-refractivity contribution in [3.8, 4) is 5.75 Å². The van der Waals surface area contributed by atoms with Crippen LogP contribution in [0.15, 0.2) is 18.2 Å². The first kappa shape index (κ1) is 10.5. The zero-order valence-corrected chi connectivity index (χ0v) is 8.99. The monoisotopic (exact) mass is 207 g/mol. The van der Waals surface area contributed by atoms with Crippen LogP contribution in [-0.4, -0.2) is 18.8 Å². The van der Waals surface area contributed by atoms with E-state index in [1.807, 2.05) is 18.2 Å². The molecule has 0 saturated carbocycles. The van der Waals surface area contributed by atoms with Crippen LogP contribution < -0.4 is 10.5 Å². The van der Waals surface area contributed by atoms with Crippen LogP contribution in [0.4, 0.5) is 0 Å². The lowest BCUT2D eigenvalue weighted by Crippen LogP contribution is -2.38. The van der Waals surface area contributed by atoms with Crippen molar-refractivity contribution in [1.82, 2.24) is 0 Å². The number of hydrogen-bond acceptors (Lipinski definition) is 3. The number of hydrogen-bond donors (Lipinski definition) is 2. The number of benzene rings is 1. The van der Waals surface area contributed by atoms with Crippen LogP contribution in [0.3, 0.4) is 0 Å². The van der Waals surface area contributed by atoms with Gasteiger partial charge in [-0.15, -0.1) is 0 Å². The number of aliphatic hydroxyl groups is 1. The van der Waals surface area contributed by atoms with E-state index < -0.39 is 5.60 Å². The van der Waals surface area contributed by atoms with Gasteiger partial charge < -0.3 is 15.6 Å². The van der Waals surface area contributed by atoms with Crippen molar-refractivity contribution < 1.29 is 9.84 Å². The van der Waals surface area contributed by atoms with E-state index in [1.54, 1.807) is 7.11 Å². The van der Waals surface area contributed by atoms with Gasteiger partial charge in [0.25, 0.3) is 0 Å². The molecule has 82 valence electrons. The van der Waals surface area contributed by atoms with Crippen LogP contribution in [0.1, 0.15) is 24.0 Å². The lowest BCUT2D eigenvalue weighted by atomic mass is 9.79. The molecule has 0 aromatic heterocycles. The molecule has 3 N–H and O–H groups in total. The van der Waals surface area contributed by atoms with Crippen molar-refractivity contribution >= 4 is 0 Å². The van der Waals surface area contributed by atoms with Crippen LogP contribution in [0.2, 0.25) is 0 Å². The Morgan fingerprint density at radius 3 is 3.00 bits per heavy atom. The summed E-state index contributed by atoms with van der Waals surface area (Å²) in [5.74, 6) is 0.843. The third-order valence-corrected chi connectivity index (χ3v) is 3.19. The van der Waals surface area contributed by atoms with Gasteiger partial charge in [-0.2, -0.15) is 0 Å².